The van der Waals surface area contributed by atoms with Crippen molar-refractivity contribution in [2.45, 2.75) is 51.2 Å². The van der Waals surface area contributed by atoms with Gasteiger partial charge >= 0.3 is 18.6 Å². The molecule has 0 amide bonds. The SMILES string of the molecule is CC(=O)OC(C(=O)OCCC(Cc1c(Cl)c[n+](O)cc1Cl)c1ccc(OC(F)F)c(OCC2CC2)c1)c1ccccc1. The van der Waals surface area contributed by atoms with Gasteiger partial charge in [0.25, 0.3) is 0 Å². The Morgan fingerprint density at radius 3 is 2.33 bits per heavy atom. The van der Waals surface area contributed by atoms with Crippen LogP contribution in [0.5, 0.6) is 11.5 Å². The van der Waals surface area contributed by atoms with E-state index in [2.05, 4.69) is 4.74 Å². The molecule has 4 rings (SSSR count). The zero-order chi connectivity index (χ0) is 30.2. The first-order valence-electron chi connectivity index (χ1n) is 13.3. The molecule has 2 atom stereocenters. The standard InChI is InChI=1S/C30H30Cl2F2NO7/c1-18(36)41-28(20-5-3-2-4-6-20)29(37)39-12-11-22(13-23-24(31)15-35(38)16-25(23)32)21-9-10-26(42-30(33)34)27(14-21)40-17-19-7-8-19/h2-6,9-10,14-16,19,22,28,30,38H,7-8,11-13,17H2,1H3/q+1. The lowest BCUT2D eigenvalue weighted by atomic mass is 9.89. The molecular formula is C30H30Cl2F2NO7+. The minimum absolute atomic E-state index is 0.0796. The summed E-state index contributed by atoms with van der Waals surface area (Å²) in [7, 11) is 0. The molecule has 2 unspecified atom stereocenters. The number of alkyl halides is 2. The number of aromatic nitrogens is 1. The zero-order valence-electron chi connectivity index (χ0n) is 22.7. The lowest BCUT2D eigenvalue weighted by molar-refractivity contribution is -0.904. The molecule has 1 aromatic heterocycles. The summed E-state index contributed by atoms with van der Waals surface area (Å²) in [6.45, 7) is -1.54. The molecule has 0 bridgehead atoms. The van der Waals surface area contributed by atoms with Crippen molar-refractivity contribution >= 4 is 35.1 Å². The van der Waals surface area contributed by atoms with Crippen molar-refractivity contribution in [1.82, 2.24) is 0 Å². The summed E-state index contributed by atoms with van der Waals surface area (Å²) >= 11 is 12.8. The number of rotatable bonds is 14. The fourth-order valence-corrected chi connectivity index (χ4v) is 4.97. The third kappa shape index (κ3) is 8.93. The topological polar surface area (TPSA) is 95.2 Å². The molecule has 1 saturated carbocycles. The lowest BCUT2D eigenvalue weighted by Crippen LogP contribution is -2.29. The fraction of sp³-hybridized carbons (Fsp3) is 0.367. The maximum atomic E-state index is 13.1. The van der Waals surface area contributed by atoms with Gasteiger partial charge in [0.15, 0.2) is 11.5 Å². The van der Waals surface area contributed by atoms with Crippen molar-refractivity contribution in [1.29, 1.82) is 0 Å². The molecule has 0 saturated heterocycles. The van der Waals surface area contributed by atoms with Gasteiger partial charge in [0.2, 0.25) is 18.5 Å². The van der Waals surface area contributed by atoms with Gasteiger partial charge in [-0.15, -0.1) is 0 Å². The molecule has 42 heavy (non-hydrogen) atoms. The Morgan fingerprint density at radius 2 is 1.71 bits per heavy atom. The molecule has 2 aromatic carbocycles. The molecular weight excluding hydrogens is 595 g/mol. The van der Waals surface area contributed by atoms with E-state index in [1.807, 2.05) is 0 Å². The van der Waals surface area contributed by atoms with Crippen LogP contribution < -0.4 is 14.2 Å². The van der Waals surface area contributed by atoms with Gasteiger partial charge in [0.1, 0.15) is 10.0 Å². The lowest BCUT2D eigenvalue weighted by Gasteiger charge is -2.22. The van der Waals surface area contributed by atoms with Crippen molar-refractivity contribution in [3.63, 3.8) is 0 Å². The normalized spacial score (nSPS) is 14.2. The van der Waals surface area contributed by atoms with Crippen LogP contribution in [0.1, 0.15) is 54.9 Å². The van der Waals surface area contributed by atoms with Gasteiger partial charge in [-0.1, -0.05) is 59.6 Å². The highest BCUT2D eigenvalue weighted by Gasteiger charge is 2.28. The van der Waals surface area contributed by atoms with Gasteiger partial charge < -0.3 is 18.9 Å². The summed E-state index contributed by atoms with van der Waals surface area (Å²) in [5, 5.41) is 10.2. The number of halogens is 4. The Bertz CT molecular complexity index is 1370. The van der Waals surface area contributed by atoms with Crippen molar-refractivity contribution in [2.24, 2.45) is 5.92 Å². The largest absolute Gasteiger partial charge is 0.489 e. The van der Waals surface area contributed by atoms with Crippen molar-refractivity contribution in [3.05, 3.63) is 87.7 Å². The maximum Gasteiger partial charge on any atom is 0.387 e. The van der Waals surface area contributed by atoms with Crippen LogP contribution in [0.3, 0.4) is 0 Å². The van der Waals surface area contributed by atoms with E-state index in [-0.39, 0.29) is 41.0 Å². The van der Waals surface area contributed by atoms with Crippen LogP contribution in [-0.4, -0.2) is 37.0 Å². The number of carbonyl (C=O) groups excluding carboxylic acids is 2. The highest BCUT2D eigenvalue weighted by molar-refractivity contribution is 6.35. The fourth-order valence-electron chi connectivity index (χ4n) is 4.37. The van der Waals surface area contributed by atoms with E-state index in [0.29, 0.717) is 29.2 Å². The van der Waals surface area contributed by atoms with Crippen molar-refractivity contribution in [3.8, 4) is 11.5 Å². The van der Waals surface area contributed by atoms with E-state index >= 15 is 0 Å². The quantitative estimate of drug-likeness (QED) is 0.125. The Balaban J connectivity index is 1.58. The van der Waals surface area contributed by atoms with Crippen molar-refractivity contribution in [2.75, 3.05) is 13.2 Å². The number of hydrogen-bond acceptors (Lipinski definition) is 7. The van der Waals surface area contributed by atoms with Crippen molar-refractivity contribution < 1.29 is 47.3 Å². The number of hydrogen-bond donors (Lipinski definition) is 1. The average Bonchev–Trinajstić information content (AvgIpc) is 3.77. The Hall–Kier alpha value is -3.63. The minimum Gasteiger partial charge on any atom is -0.489 e. The first-order chi connectivity index (χ1) is 20.1. The van der Waals surface area contributed by atoms with E-state index in [1.54, 1.807) is 42.5 Å². The highest BCUT2D eigenvalue weighted by atomic mass is 35.5. The average molecular weight is 625 g/mol. The van der Waals surface area contributed by atoms with Crippen LogP contribution in [-0.2, 0) is 25.5 Å². The Kier molecular flexibility index (Phi) is 10.8. The van der Waals surface area contributed by atoms with Gasteiger partial charge in [0.05, 0.1) is 13.2 Å². The second kappa shape index (κ2) is 14.5. The van der Waals surface area contributed by atoms with Crippen LogP contribution in [0.2, 0.25) is 10.0 Å². The van der Waals surface area contributed by atoms with Gasteiger partial charge in [-0.05, 0) is 55.2 Å². The molecule has 224 valence electrons. The predicted molar refractivity (Wildman–Crippen MR) is 148 cm³/mol. The van der Waals surface area contributed by atoms with Crippen LogP contribution in [0.4, 0.5) is 8.78 Å². The third-order valence-electron chi connectivity index (χ3n) is 6.66. The minimum atomic E-state index is -3.03. The smallest absolute Gasteiger partial charge is 0.387 e. The molecule has 1 aliphatic rings. The summed E-state index contributed by atoms with van der Waals surface area (Å²) < 4.78 is 48.2. The maximum absolute atomic E-state index is 13.1. The molecule has 0 radical (unpaired) electrons. The number of pyridine rings is 1. The van der Waals surface area contributed by atoms with E-state index < -0.39 is 30.6 Å². The molecule has 1 N–H and O–H groups in total. The van der Waals surface area contributed by atoms with Crippen LogP contribution in [0.15, 0.2) is 60.9 Å². The molecule has 12 heteroatoms. The second-order valence-corrected chi connectivity index (χ2v) is 10.7. The molecule has 3 aromatic rings. The number of benzene rings is 2. The van der Waals surface area contributed by atoms with Gasteiger partial charge in [-0.3, -0.25) is 10.0 Å². The number of ether oxygens (including phenoxy) is 4. The summed E-state index contributed by atoms with van der Waals surface area (Å²) in [6, 6.07) is 13.1. The number of esters is 2. The van der Waals surface area contributed by atoms with E-state index in [4.69, 9.17) is 37.4 Å². The zero-order valence-corrected chi connectivity index (χ0v) is 24.2. The van der Waals surface area contributed by atoms with Gasteiger partial charge in [-0.2, -0.15) is 8.78 Å². The van der Waals surface area contributed by atoms with Gasteiger partial charge in [-0.25, -0.2) is 4.79 Å². The molecule has 1 aliphatic carbocycles. The molecule has 1 fully saturated rings. The summed E-state index contributed by atoms with van der Waals surface area (Å²) in [5.41, 5.74) is 1.66. The predicted octanol–water partition coefficient (Wildman–Crippen LogP) is 6.47. The molecule has 8 nitrogen and oxygen atoms in total. The summed E-state index contributed by atoms with van der Waals surface area (Å²) in [4.78, 5) is 24.6. The number of nitrogens with zero attached hydrogens (tertiary/aromatic N) is 1. The van der Waals surface area contributed by atoms with Gasteiger partial charge in [0, 0.05) is 22.8 Å². The molecule has 0 spiro atoms. The molecule has 0 aliphatic heterocycles. The Morgan fingerprint density at radius 1 is 1.02 bits per heavy atom. The Labute approximate surface area is 251 Å². The van der Waals surface area contributed by atoms with E-state index in [1.165, 1.54) is 25.4 Å². The third-order valence-corrected chi connectivity index (χ3v) is 7.31. The highest BCUT2D eigenvalue weighted by Crippen LogP contribution is 2.38. The van der Waals surface area contributed by atoms with Crippen LogP contribution in [0.25, 0.3) is 0 Å². The monoisotopic (exact) mass is 624 g/mol. The number of carbonyl (C=O) groups is 2. The summed E-state index contributed by atoms with van der Waals surface area (Å²) in [5.74, 6) is -1.34. The molecule has 1 heterocycles. The first kappa shape index (κ1) is 31.3. The van der Waals surface area contributed by atoms with Crippen LogP contribution >= 0.6 is 23.2 Å². The van der Waals surface area contributed by atoms with E-state index in [0.717, 1.165) is 17.6 Å². The second-order valence-electron chi connectivity index (χ2n) is 9.91. The first-order valence-corrected chi connectivity index (χ1v) is 14.0. The summed E-state index contributed by atoms with van der Waals surface area (Å²) in [6.07, 6.45) is 3.84. The van der Waals surface area contributed by atoms with Crippen LogP contribution in [0, 0.1) is 5.92 Å². The van der Waals surface area contributed by atoms with E-state index in [9.17, 15) is 23.6 Å².